The molecule has 1 aromatic heterocycles. The summed E-state index contributed by atoms with van der Waals surface area (Å²) >= 11 is 1.85. The number of hydrogen-bond acceptors (Lipinski definition) is 1. The van der Waals surface area contributed by atoms with E-state index in [0.717, 1.165) is 6.16 Å². The molecule has 0 unspecified atom stereocenters. The van der Waals surface area contributed by atoms with E-state index < -0.39 is 7.26 Å². The zero-order valence-electron chi connectivity index (χ0n) is 15.3. The van der Waals surface area contributed by atoms with Crippen LogP contribution in [0.2, 0.25) is 0 Å². The van der Waals surface area contributed by atoms with Crippen LogP contribution in [-0.4, -0.2) is 0 Å². The molecule has 4 aromatic rings. The molecule has 0 radical (unpaired) electrons. The average Bonchev–Trinajstić information content (AvgIpc) is 3.13. The number of aryl methyl sites for hydroxylation is 1. The second-order valence-electron chi connectivity index (χ2n) is 6.54. The van der Waals surface area contributed by atoms with Crippen LogP contribution in [0.3, 0.4) is 0 Å². The smallest absolute Gasteiger partial charge is 0.116 e. The molecule has 136 valence electrons. The zero-order valence-corrected chi connectivity index (χ0v) is 18.6. The number of benzene rings is 3. The lowest BCUT2D eigenvalue weighted by atomic mass is 10.3. The maximum absolute atomic E-state index is 2.36. The number of hydrogen-bond donors (Lipinski definition) is 0. The van der Waals surface area contributed by atoms with Gasteiger partial charge in [-0.15, -0.1) is 11.3 Å². The number of thiophene rings is 1. The zero-order chi connectivity index (χ0) is 17.8. The van der Waals surface area contributed by atoms with Crippen LogP contribution in [-0.2, 0) is 6.16 Å². The lowest BCUT2D eigenvalue weighted by molar-refractivity contribution is -0.00000505. The Bertz CT molecular complexity index is 868. The molecule has 0 amide bonds. The third kappa shape index (κ3) is 4.09. The van der Waals surface area contributed by atoms with Crippen LogP contribution in [0.25, 0.3) is 0 Å². The molecular weight excluding hydrogens is 431 g/mol. The lowest BCUT2D eigenvalue weighted by Gasteiger charge is -2.27. The van der Waals surface area contributed by atoms with Gasteiger partial charge in [0.1, 0.15) is 23.2 Å². The van der Waals surface area contributed by atoms with Crippen LogP contribution in [0.1, 0.15) is 10.4 Å². The fraction of sp³-hybridized carbons (Fsp3) is 0.0833. The van der Waals surface area contributed by atoms with E-state index in [0.29, 0.717) is 0 Å². The van der Waals surface area contributed by atoms with Crippen LogP contribution in [0.4, 0.5) is 0 Å². The van der Waals surface area contributed by atoms with Crippen molar-refractivity contribution in [3.63, 3.8) is 0 Å². The molecule has 0 atom stereocenters. The van der Waals surface area contributed by atoms with E-state index in [9.17, 15) is 0 Å². The summed E-state index contributed by atoms with van der Waals surface area (Å²) in [6.45, 7) is 2.20. The summed E-state index contributed by atoms with van der Waals surface area (Å²) in [6.07, 6.45) is 1.06. The molecule has 0 aliphatic heterocycles. The van der Waals surface area contributed by atoms with Crippen molar-refractivity contribution in [2.24, 2.45) is 0 Å². The highest BCUT2D eigenvalue weighted by atomic mass is 79.9. The van der Waals surface area contributed by atoms with Crippen molar-refractivity contribution >= 4 is 34.5 Å². The molecule has 0 aliphatic rings. The molecule has 3 heteroatoms. The predicted octanol–water partition coefficient (Wildman–Crippen LogP) is 2.55. The summed E-state index contributed by atoms with van der Waals surface area (Å²) in [5.41, 5.74) is 1.44. The minimum absolute atomic E-state index is 0. The minimum Gasteiger partial charge on any atom is -1.00 e. The summed E-state index contributed by atoms with van der Waals surface area (Å²) in [4.78, 5) is 1.38. The van der Waals surface area contributed by atoms with Gasteiger partial charge in [0.05, 0.1) is 6.16 Å². The van der Waals surface area contributed by atoms with Gasteiger partial charge in [-0.2, -0.15) is 0 Å². The first-order valence-corrected chi connectivity index (χ1v) is 11.7. The van der Waals surface area contributed by atoms with Crippen LogP contribution in [0.5, 0.6) is 0 Å². The van der Waals surface area contributed by atoms with Crippen LogP contribution in [0.15, 0.2) is 102 Å². The average molecular weight is 453 g/mol. The molecule has 0 bridgehead atoms. The van der Waals surface area contributed by atoms with E-state index in [2.05, 4.69) is 109 Å². The summed E-state index contributed by atoms with van der Waals surface area (Å²) < 4.78 is 0. The quantitative estimate of drug-likeness (QED) is 0.408. The Hall–Kier alpha value is -1.73. The summed E-state index contributed by atoms with van der Waals surface area (Å²) in [6, 6.07) is 35.6. The summed E-state index contributed by atoms with van der Waals surface area (Å²) in [5.74, 6) is 0. The topological polar surface area (TPSA) is 0 Å². The van der Waals surface area contributed by atoms with Crippen LogP contribution in [0, 0.1) is 6.92 Å². The maximum atomic E-state index is 2.36. The molecule has 27 heavy (non-hydrogen) atoms. The Balaban J connectivity index is 0.00000210. The normalized spacial score (nSPS) is 11.0. The molecule has 0 aliphatic carbocycles. The van der Waals surface area contributed by atoms with E-state index in [1.165, 1.54) is 26.4 Å². The van der Waals surface area contributed by atoms with Crippen molar-refractivity contribution < 1.29 is 17.0 Å². The maximum Gasteiger partial charge on any atom is 0.116 e. The standard InChI is InChI=1S/C24H22PS.BrH/c1-20-17-21(19-26-20)18-25(22-11-5-2-6-12-22,23-13-7-3-8-14-23)24-15-9-4-10-16-24;/h2-17,19H,18H2,1H3;1H/q+1;/p-1. The van der Waals surface area contributed by atoms with Crippen molar-refractivity contribution in [2.45, 2.75) is 13.1 Å². The highest BCUT2D eigenvalue weighted by Crippen LogP contribution is 2.58. The fourth-order valence-electron chi connectivity index (χ4n) is 3.62. The van der Waals surface area contributed by atoms with Gasteiger partial charge in [-0.05, 0) is 54.8 Å². The van der Waals surface area contributed by atoms with Crippen molar-refractivity contribution in [2.75, 3.05) is 0 Å². The SMILES string of the molecule is Cc1cc(C[P+](c2ccccc2)(c2ccccc2)c2ccccc2)cs1.[Br-]. The van der Waals surface area contributed by atoms with Crippen LogP contribution < -0.4 is 32.9 Å². The molecule has 4 rings (SSSR count). The van der Waals surface area contributed by atoms with E-state index in [4.69, 9.17) is 0 Å². The molecule has 0 saturated carbocycles. The van der Waals surface area contributed by atoms with Gasteiger partial charge in [-0.25, -0.2) is 0 Å². The first kappa shape index (κ1) is 20.0. The Kier molecular flexibility index (Phi) is 6.65. The second-order valence-corrected chi connectivity index (χ2v) is 11.1. The summed E-state index contributed by atoms with van der Waals surface area (Å²) in [5, 5.41) is 6.67. The van der Waals surface area contributed by atoms with Gasteiger partial charge < -0.3 is 17.0 Å². The second kappa shape index (κ2) is 8.97. The highest BCUT2D eigenvalue weighted by molar-refractivity contribution is 7.95. The van der Waals surface area contributed by atoms with Crippen molar-refractivity contribution in [1.82, 2.24) is 0 Å². The van der Waals surface area contributed by atoms with Gasteiger partial charge in [-0.1, -0.05) is 54.6 Å². The minimum atomic E-state index is -1.76. The first-order chi connectivity index (χ1) is 12.8. The number of halogens is 1. The third-order valence-electron chi connectivity index (χ3n) is 4.80. The molecule has 3 aromatic carbocycles. The van der Waals surface area contributed by atoms with Crippen molar-refractivity contribution in [3.05, 3.63) is 113 Å². The monoisotopic (exact) mass is 452 g/mol. The van der Waals surface area contributed by atoms with E-state index in [1.807, 2.05) is 11.3 Å². The van der Waals surface area contributed by atoms with Gasteiger partial charge in [0.25, 0.3) is 0 Å². The molecular formula is C24H22BrPS. The summed E-state index contributed by atoms with van der Waals surface area (Å²) in [7, 11) is -1.76. The molecule has 0 saturated heterocycles. The van der Waals surface area contributed by atoms with Gasteiger partial charge in [-0.3, -0.25) is 0 Å². The Morgan fingerprint density at radius 3 is 1.41 bits per heavy atom. The van der Waals surface area contributed by atoms with Gasteiger partial charge in [0.15, 0.2) is 0 Å². The Labute approximate surface area is 177 Å². The van der Waals surface area contributed by atoms with Gasteiger partial charge >= 0.3 is 0 Å². The Morgan fingerprint density at radius 1 is 0.667 bits per heavy atom. The predicted molar refractivity (Wildman–Crippen MR) is 118 cm³/mol. The molecule has 0 nitrogen and oxygen atoms in total. The molecule has 1 heterocycles. The van der Waals surface area contributed by atoms with Gasteiger partial charge in [0, 0.05) is 10.4 Å². The Morgan fingerprint density at radius 2 is 1.07 bits per heavy atom. The van der Waals surface area contributed by atoms with Crippen molar-refractivity contribution in [3.8, 4) is 0 Å². The largest absolute Gasteiger partial charge is 1.00 e. The van der Waals surface area contributed by atoms with E-state index in [1.54, 1.807) is 0 Å². The lowest BCUT2D eigenvalue weighted by Crippen LogP contribution is -3.00. The highest BCUT2D eigenvalue weighted by Gasteiger charge is 2.45. The van der Waals surface area contributed by atoms with Crippen molar-refractivity contribution in [1.29, 1.82) is 0 Å². The first-order valence-electron chi connectivity index (χ1n) is 8.88. The van der Waals surface area contributed by atoms with E-state index in [-0.39, 0.29) is 17.0 Å². The number of rotatable bonds is 5. The third-order valence-corrected chi connectivity index (χ3v) is 10.1. The molecule has 0 spiro atoms. The van der Waals surface area contributed by atoms with E-state index >= 15 is 0 Å². The molecule has 0 N–H and O–H groups in total. The van der Waals surface area contributed by atoms with Crippen LogP contribution >= 0.6 is 18.6 Å². The van der Waals surface area contributed by atoms with Gasteiger partial charge in [0.2, 0.25) is 0 Å². The fourth-order valence-corrected chi connectivity index (χ4v) is 8.67. The molecule has 0 fully saturated rings.